The summed E-state index contributed by atoms with van der Waals surface area (Å²) < 4.78 is 0.748. The second kappa shape index (κ2) is 7.74. The van der Waals surface area contributed by atoms with Crippen molar-refractivity contribution in [2.45, 2.75) is 38.6 Å². The minimum atomic E-state index is -0.0792. The number of rotatable bonds is 5. The molecule has 4 nitrogen and oxygen atoms in total. The Labute approximate surface area is 129 Å². The number of unbranched alkanes of at least 4 members (excludes halogenated alkanes) is 1. The summed E-state index contributed by atoms with van der Waals surface area (Å²) in [5.74, 6) is -0.0792. The number of likely N-dealkylation sites (tertiary alicyclic amines) is 1. The van der Waals surface area contributed by atoms with Crippen LogP contribution in [0.5, 0.6) is 0 Å². The molecule has 110 valence electrons. The van der Waals surface area contributed by atoms with E-state index in [0.717, 1.165) is 30.4 Å². The Bertz CT molecular complexity index is 444. The summed E-state index contributed by atoms with van der Waals surface area (Å²) in [5.41, 5.74) is 0.473. The monoisotopic (exact) mass is 339 g/mol. The molecule has 1 amide bonds. The lowest BCUT2D eigenvalue weighted by atomic mass is 10.0. The smallest absolute Gasteiger partial charge is 0.271 e. The zero-order valence-electron chi connectivity index (χ0n) is 11.9. The normalized spacial score (nSPS) is 17.1. The van der Waals surface area contributed by atoms with Gasteiger partial charge in [-0.1, -0.05) is 13.3 Å². The number of nitrogens with zero attached hydrogens (tertiary/aromatic N) is 2. The highest BCUT2D eigenvalue weighted by Gasteiger charge is 2.21. The van der Waals surface area contributed by atoms with Crippen LogP contribution in [0.15, 0.2) is 22.8 Å². The third kappa shape index (κ3) is 4.28. The Morgan fingerprint density at radius 3 is 2.90 bits per heavy atom. The van der Waals surface area contributed by atoms with Crippen LogP contribution >= 0.6 is 15.9 Å². The molecule has 1 fully saturated rings. The third-order valence-electron chi connectivity index (χ3n) is 3.72. The molecule has 0 bridgehead atoms. The van der Waals surface area contributed by atoms with E-state index in [1.807, 2.05) is 12.1 Å². The number of amides is 1. The number of carbonyl (C=O) groups excluding carboxylic acids is 1. The lowest BCUT2D eigenvalue weighted by molar-refractivity contribution is 0.0905. The fraction of sp³-hybridized carbons (Fsp3) is 0.600. The van der Waals surface area contributed by atoms with Gasteiger partial charge in [0.1, 0.15) is 5.69 Å². The first-order chi connectivity index (χ1) is 9.70. The molecule has 1 aliphatic heterocycles. The van der Waals surface area contributed by atoms with Crippen LogP contribution in [0.3, 0.4) is 0 Å². The van der Waals surface area contributed by atoms with Crippen molar-refractivity contribution >= 4 is 21.8 Å². The van der Waals surface area contributed by atoms with Gasteiger partial charge in [0, 0.05) is 29.8 Å². The zero-order valence-corrected chi connectivity index (χ0v) is 13.5. The highest BCUT2D eigenvalue weighted by atomic mass is 79.9. The minimum Gasteiger partial charge on any atom is -0.348 e. The van der Waals surface area contributed by atoms with Crippen LogP contribution in [0.4, 0.5) is 0 Å². The molecule has 0 atom stereocenters. The van der Waals surface area contributed by atoms with Crippen LogP contribution < -0.4 is 5.32 Å². The summed E-state index contributed by atoms with van der Waals surface area (Å²) in [7, 11) is 0. The van der Waals surface area contributed by atoms with Crippen LogP contribution in [0.1, 0.15) is 43.1 Å². The zero-order chi connectivity index (χ0) is 14.4. The molecule has 1 aromatic heterocycles. The number of pyridine rings is 1. The van der Waals surface area contributed by atoms with E-state index >= 15 is 0 Å². The Hall–Kier alpha value is -0.940. The van der Waals surface area contributed by atoms with E-state index in [2.05, 4.69) is 38.1 Å². The Morgan fingerprint density at radius 2 is 2.25 bits per heavy atom. The molecule has 0 spiro atoms. The van der Waals surface area contributed by atoms with Gasteiger partial charge in [-0.05, 0) is 53.9 Å². The van der Waals surface area contributed by atoms with Crippen molar-refractivity contribution in [3.8, 4) is 0 Å². The molecular formula is C15H22BrN3O. The van der Waals surface area contributed by atoms with Crippen LogP contribution in [-0.2, 0) is 0 Å². The van der Waals surface area contributed by atoms with Crippen LogP contribution in [-0.4, -0.2) is 41.5 Å². The van der Waals surface area contributed by atoms with Crippen molar-refractivity contribution in [1.82, 2.24) is 15.2 Å². The fourth-order valence-electron chi connectivity index (χ4n) is 2.49. The molecule has 0 saturated carbocycles. The molecule has 1 aromatic rings. The van der Waals surface area contributed by atoms with E-state index in [1.165, 1.54) is 19.4 Å². The summed E-state index contributed by atoms with van der Waals surface area (Å²) in [5, 5.41) is 3.09. The van der Waals surface area contributed by atoms with Crippen molar-refractivity contribution in [2.24, 2.45) is 0 Å². The van der Waals surface area contributed by atoms with Crippen molar-refractivity contribution in [1.29, 1.82) is 0 Å². The molecular weight excluding hydrogens is 318 g/mol. The number of piperidine rings is 1. The number of hydrogen-bond donors (Lipinski definition) is 1. The summed E-state index contributed by atoms with van der Waals surface area (Å²) in [4.78, 5) is 18.8. The number of nitrogens with one attached hydrogen (secondary N) is 1. The third-order valence-corrected chi connectivity index (χ3v) is 4.36. The maximum atomic E-state index is 12.2. The SMILES string of the molecule is CCCCN1CCC(NC(=O)c2ncccc2Br)CC1. The first-order valence-electron chi connectivity index (χ1n) is 7.34. The van der Waals surface area contributed by atoms with E-state index in [9.17, 15) is 4.79 Å². The number of aromatic nitrogens is 1. The van der Waals surface area contributed by atoms with Crippen molar-refractivity contribution in [2.75, 3.05) is 19.6 Å². The van der Waals surface area contributed by atoms with Gasteiger partial charge in [-0.2, -0.15) is 0 Å². The summed E-state index contributed by atoms with van der Waals surface area (Å²) in [6, 6.07) is 3.93. The number of carbonyl (C=O) groups is 1. The van der Waals surface area contributed by atoms with E-state index < -0.39 is 0 Å². The highest BCUT2D eigenvalue weighted by Crippen LogP contribution is 2.15. The minimum absolute atomic E-state index is 0.0792. The maximum absolute atomic E-state index is 12.2. The second-order valence-electron chi connectivity index (χ2n) is 5.28. The molecule has 0 unspecified atom stereocenters. The average Bonchev–Trinajstić information content (AvgIpc) is 2.47. The molecule has 1 saturated heterocycles. The van der Waals surface area contributed by atoms with Crippen LogP contribution in [0.25, 0.3) is 0 Å². The largest absolute Gasteiger partial charge is 0.348 e. The van der Waals surface area contributed by atoms with Gasteiger partial charge in [0.25, 0.3) is 5.91 Å². The van der Waals surface area contributed by atoms with Gasteiger partial charge >= 0.3 is 0 Å². The van der Waals surface area contributed by atoms with Gasteiger partial charge in [-0.3, -0.25) is 4.79 Å². The Balaban J connectivity index is 1.81. The summed E-state index contributed by atoms with van der Waals surface area (Å²) in [6.07, 6.45) is 6.20. The standard InChI is InChI=1S/C15H22BrN3O/c1-2-3-9-19-10-6-12(7-11-19)18-15(20)14-13(16)5-4-8-17-14/h4-5,8,12H,2-3,6-7,9-11H2,1H3,(H,18,20). The first-order valence-corrected chi connectivity index (χ1v) is 8.13. The average molecular weight is 340 g/mol. The molecule has 0 radical (unpaired) electrons. The quantitative estimate of drug-likeness (QED) is 0.897. The van der Waals surface area contributed by atoms with Crippen molar-refractivity contribution in [3.05, 3.63) is 28.5 Å². The van der Waals surface area contributed by atoms with Crippen LogP contribution in [0.2, 0.25) is 0 Å². The first kappa shape index (κ1) is 15.4. The number of halogens is 1. The Morgan fingerprint density at radius 1 is 1.50 bits per heavy atom. The van der Waals surface area contributed by atoms with Crippen molar-refractivity contribution < 1.29 is 4.79 Å². The molecule has 20 heavy (non-hydrogen) atoms. The van der Waals surface area contributed by atoms with Gasteiger partial charge < -0.3 is 10.2 Å². The van der Waals surface area contributed by atoms with Gasteiger partial charge in [0.05, 0.1) is 0 Å². The predicted molar refractivity (Wildman–Crippen MR) is 83.8 cm³/mol. The van der Waals surface area contributed by atoms with Gasteiger partial charge in [-0.25, -0.2) is 4.98 Å². The number of hydrogen-bond acceptors (Lipinski definition) is 3. The van der Waals surface area contributed by atoms with Gasteiger partial charge in [0.15, 0.2) is 0 Å². The molecule has 0 aliphatic carbocycles. The second-order valence-corrected chi connectivity index (χ2v) is 6.13. The topological polar surface area (TPSA) is 45.2 Å². The van der Waals surface area contributed by atoms with E-state index in [0.29, 0.717) is 5.69 Å². The molecule has 0 aromatic carbocycles. The van der Waals surface area contributed by atoms with Gasteiger partial charge in [-0.15, -0.1) is 0 Å². The van der Waals surface area contributed by atoms with E-state index in [1.54, 1.807) is 6.20 Å². The van der Waals surface area contributed by atoms with Crippen molar-refractivity contribution in [3.63, 3.8) is 0 Å². The summed E-state index contributed by atoms with van der Waals surface area (Å²) in [6.45, 7) is 5.56. The van der Waals surface area contributed by atoms with E-state index in [-0.39, 0.29) is 11.9 Å². The fourth-order valence-corrected chi connectivity index (χ4v) is 2.92. The lowest BCUT2D eigenvalue weighted by Crippen LogP contribution is -2.45. The summed E-state index contributed by atoms with van der Waals surface area (Å²) >= 11 is 3.37. The molecule has 2 heterocycles. The molecule has 2 rings (SSSR count). The Kier molecular flexibility index (Phi) is 5.98. The maximum Gasteiger partial charge on any atom is 0.271 e. The van der Waals surface area contributed by atoms with E-state index in [4.69, 9.17) is 0 Å². The predicted octanol–water partition coefficient (Wildman–Crippen LogP) is 2.84. The lowest BCUT2D eigenvalue weighted by Gasteiger charge is -2.32. The molecule has 1 aliphatic rings. The van der Waals surface area contributed by atoms with Crippen LogP contribution in [0, 0.1) is 0 Å². The molecule has 1 N–H and O–H groups in total. The van der Waals surface area contributed by atoms with Gasteiger partial charge in [0.2, 0.25) is 0 Å². The highest BCUT2D eigenvalue weighted by molar-refractivity contribution is 9.10. The molecule has 5 heteroatoms.